The van der Waals surface area contributed by atoms with Gasteiger partial charge in [0.25, 0.3) is 0 Å². The predicted molar refractivity (Wildman–Crippen MR) is 251 cm³/mol. The van der Waals surface area contributed by atoms with Crippen molar-refractivity contribution in [2.24, 2.45) is 0 Å². The van der Waals surface area contributed by atoms with Crippen LogP contribution < -0.4 is 0 Å². The zero-order valence-corrected chi connectivity index (χ0v) is 38.8. The highest BCUT2D eigenvalue weighted by atomic mass is 16.6. The van der Waals surface area contributed by atoms with Crippen LogP contribution in [0.4, 0.5) is 0 Å². The molecular formula is C53H92O6. The normalized spacial score (nSPS) is 12.5. The van der Waals surface area contributed by atoms with Crippen molar-refractivity contribution in [2.75, 3.05) is 13.2 Å². The average Bonchev–Trinajstić information content (AvgIpc) is 3.23. The molecule has 0 saturated carbocycles. The molecule has 0 aromatic carbocycles. The highest BCUT2D eigenvalue weighted by Gasteiger charge is 2.19. The van der Waals surface area contributed by atoms with E-state index >= 15 is 0 Å². The Labute approximate surface area is 364 Å². The van der Waals surface area contributed by atoms with Gasteiger partial charge in [-0.3, -0.25) is 14.4 Å². The van der Waals surface area contributed by atoms with Crippen LogP contribution in [-0.2, 0) is 28.6 Å². The van der Waals surface area contributed by atoms with Crippen LogP contribution in [0, 0.1) is 0 Å². The third-order valence-corrected chi connectivity index (χ3v) is 10.4. The SMILES string of the molecule is CCC/C=C\C/C=C\CCCCCCCC(=O)OC(COC(=O)CCCCCCC/C=C\C/C=C\CCCCC)COC(=O)CCCCCCC/C=C\CCCCCC. The maximum atomic E-state index is 12.8. The van der Waals surface area contributed by atoms with Crippen LogP contribution in [0.5, 0.6) is 0 Å². The van der Waals surface area contributed by atoms with E-state index in [0.29, 0.717) is 19.3 Å². The molecule has 0 fully saturated rings. The highest BCUT2D eigenvalue weighted by molar-refractivity contribution is 5.71. The van der Waals surface area contributed by atoms with Crippen molar-refractivity contribution in [1.29, 1.82) is 0 Å². The van der Waals surface area contributed by atoms with E-state index in [0.717, 1.165) is 116 Å². The topological polar surface area (TPSA) is 78.9 Å². The molecule has 0 rings (SSSR count). The third-order valence-electron chi connectivity index (χ3n) is 10.4. The molecule has 0 aliphatic heterocycles. The van der Waals surface area contributed by atoms with Crippen LogP contribution >= 0.6 is 0 Å². The monoisotopic (exact) mass is 825 g/mol. The van der Waals surface area contributed by atoms with Gasteiger partial charge >= 0.3 is 17.9 Å². The predicted octanol–water partition coefficient (Wildman–Crippen LogP) is 16.1. The summed E-state index contributed by atoms with van der Waals surface area (Å²) in [6.45, 7) is 6.50. The molecule has 6 nitrogen and oxygen atoms in total. The number of hydrogen-bond donors (Lipinski definition) is 0. The van der Waals surface area contributed by atoms with Gasteiger partial charge in [-0.15, -0.1) is 0 Å². The lowest BCUT2D eigenvalue weighted by molar-refractivity contribution is -0.167. The second-order valence-electron chi connectivity index (χ2n) is 16.4. The van der Waals surface area contributed by atoms with Gasteiger partial charge in [0.2, 0.25) is 0 Å². The van der Waals surface area contributed by atoms with Gasteiger partial charge in [-0.25, -0.2) is 0 Å². The summed E-state index contributed by atoms with van der Waals surface area (Å²) in [4.78, 5) is 37.9. The number of carbonyl (C=O) groups excluding carboxylic acids is 3. The van der Waals surface area contributed by atoms with Crippen LogP contribution in [0.15, 0.2) is 60.8 Å². The van der Waals surface area contributed by atoms with Gasteiger partial charge in [0.05, 0.1) is 0 Å². The molecule has 0 aliphatic carbocycles. The fourth-order valence-electron chi connectivity index (χ4n) is 6.68. The van der Waals surface area contributed by atoms with Crippen molar-refractivity contribution in [3.05, 3.63) is 60.8 Å². The minimum Gasteiger partial charge on any atom is -0.462 e. The summed E-state index contributed by atoms with van der Waals surface area (Å²) in [6.07, 6.45) is 57.6. The molecular weight excluding hydrogens is 733 g/mol. The molecule has 0 aliphatic rings. The van der Waals surface area contributed by atoms with Gasteiger partial charge in [-0.1, -0.05) is 178 Å². The lowest BCUT2D eigenvalue weighted by Gasteiger charge is -2.18. The number of hydrogen-bond acceptors (Lipinski definition) is 6. The molecule has 0 heterocycles. The summed E-state index contributed by atoms with van der Waals surface area (Å²) in [7, 11) is 0. The van der Waals surface area contributed by atoms with E-state index in [4.69, 9.17) is 14.2 Å². The Balaban J connectivity index is 4.43. The van der Waals surface area contributed by atoms with Crippen molar-refractivity contribution >= 4 is 17.9 Å². The van der Waals surface area contributed by atoms with E-state index in [2.05, 4.69) is 81.5 Å². The maximum absolute atomic E-state index is 12.8. The Kier molecular flexibility index (Phi) is 45.4. The molecule has 1 atom stereocenters. The zero-order chi connectivity index (χ0) is 43.0. The van der Waals surface area contributed by atoms with E-state index in [-0.39, 0.29) is 31.1 Å². The molecule has 0 bridgehead atoms. The van der Waals surface area contributed by atoms with Crippen LogP contribution in [-0.4, -0.2) is 37.2 Å². The Morgan fingerprint density at radius 3 is 1.05 bits per heavy atom. The minimum atomic E-state index is -0.789. The smallest absolute Gasteiger partial charge is 0.306 e. The van der Waals surface area contributed by atoms with Crippen LogP contribution in [0.25, 0.3) is 0 Å². The molecule has 0 amide bonds. The third kappa shape index (κ3) is 46.0. The minimum absolute atomic E-state index is 0.0890. The van der Waals surface area contributed by atoms with Crippen molar-refractivity contribution in [3.8, 4) is 0 Å². The summed E-state index contributed by atoms with van der Waals surface area (Å²) in [5.41, 5.74) is 0. The fraction of sp³-hybridized carbons (Fsp3) is 0.755. The molecule has 1 unspecified atom stereocenters. The first kappa shape index (κ1) is 56.1. The first-order valence-electron chi connectivity index (χ1n) is 24.8. The van der Waals surface area contributed by atoms with Gasteiger partial charge in [0.15, 0.2) is 6.10 Å². The molecule has 59 heavy (non-hydrogen) atoms. The van der Waals surface area contributed by atoms with Crippen molar-refractivity contribution in [1.82, 2.24) is 0 Å². The fourth-order valence-corrected chi connectivity index (χ4v) is 6.68. The maximum Gasteiger partial charge on any atom is 0.306 e. The highest BCUT2D eigenvalue weighted by Crippen LogP contribution is 2.13. The summed E-state index contributed by atoms with van der Waals surface area (Å²) in [5, 5.41) is 0. The van der Waals surface area contributed by atoms with Gasteiger partial charge in [0, 0.05) is 19.3 Å². The lowest BCUT2D eigenvalue weighted by Crippen LogP contribution is -2.30. The largest absolute Gasteiger partial charge is 0.462 e. The molecule has 0 aromatic rings. The van der Waals surface area contributed by atoms with Crippen LogP contribution in [0.1, 0.15) is 239 Å². The van der Waals surface area contributed by atoms with Gasteiger partial charge < -0.3 is 14.2 Å². The molecule has 0 radical (unpaired) electrons. The van der Waals surface area contributed by atoms with Gasteiger partial charge in [-0.2, -0.15) is 0 Å². The second kappa shape index (κ2) is 47.8. The summed E-state index contributed by atoms with van der Waals surface area (Å²) in [6, 6.07) is 0. The summed E-state index contributed by atoms with van der Waals surface area (Å²) in [5.74, 6) is -0.925. The van der Waals surface area contributed by atoms with E-state index in [1.165, 1.54) is 83.5 Å². The van der Waals surface area contributed by atoms with Gasteiger partial charge in [-0.05, 0) is 103 Å². The molecule has 0 saturated heterocycles. The Morgan fingerprint density at radius 1 is 0.339 bits per heavy atom. The molecule has 0 aromatic heterocycles. The average molecular weight is 825 g/mol. The Bertz CT molecular complexity index is 1090. The van der Waals surface area contributed by atoms with E-state index in [1.54, 1.807) is 0 Å². The molecule has 340 valence electrons. The van der Waals surface area contributed by atoms with E-state index in [9.17, 15) is 14.4 Å². The Hall–Kier alpha value is -2.89. The van der Waals surface area contributed by atoms with E-state index in [1.807, 2.05) is 0 Å². The molecule has 0 spiro atoms. The van der Waals surface area contributed by atoms with Crippen molar-refractivity contribution in [2.45, 2.75) is 245 Å². The number of ether oxygens (including phenoxy) is 3. The molecule has 0 N–H and O–H groups in total. The second-order valence-corrected chi connectivity index (χ2v) is 16.4. The summed E-state index contributed by atoms with van der Waals surface area (Å²) >= 11 is 0. The van der Waals surface area contributed by atoms with E-state index < -0.39 is 6.10 Å². The van der Waals surface area contributed by atoms with Crippen molar-refractivity contribution < 1.29 is 28.6 Å². The summed E-state index contributed by atoms with van der Waals surface area (Å²) < 4.78 is 16.7. The van der Waals surface area contributed by atoms with Crippen molar-refractivity contribution in [3.63, 3.8) is 0 Å². The molecule has 6 heteroatoms. The number of unbranched alkanes of at least 4 members (excludes halogenated alkanes) is 23. The van der Waals surface area contributed by atoms with Gasteiger partial charge in [0.1, 0.15) is 13.2 Å². The van der Waals surface area contributed by atoms with Crippen LogP contribution in [0.3, 0.4) is 0 Å². The number of allylic oxidation sites excluding steroid dienone is 10. The standard InChI is InChI=1S/C53H92O6/c1-4-7-10-13-16-19-22-25-26-29-31-34-37-40-43-46-52(55)58-49-50(59-53(56)47-44-41-38-35-32-28-24-21-18-15-12-9-6-3)48-57-51(54)45-42-39-36-33-30-27-23-20-17-14-11-8-5-2/h12,15-16,19-21,23-26,50H,4-11,13-14,17-18,22,27-49H2,1-3H3/b15-12-,19-16-,23-20-,24-21-,26-25-. The Morgan fingerprint density at radius 2 is 0.644 bits per heavy atom. The lowest BCUT2D eigenvalue weighted by atomic mass is 10.1. The number of esters is 3. The number of rotatable bonds is 44. The van der Waals surface area contributed by atoms with Crippen LogP contribution in [0.2, 0.25) is 0 Å². The quantitative estimate of drug-likeness (QED) is 0.0263. The zero-order valence-electron chi connectivity index (χ0n) is 38.8. The first-order chi connectivity index (χ1) is 29.0. The first-order valence-corrected chi connectivity index (χ1v) is 24.8. The number of carbonyl (C=O) groups is 3.